The smallest absolute Gasteiger partial charge is 0.427 e. The second kappa shape index (κ2) is 7.26. The number of rotatable bonds is 5. The standard InChI is InChI=1S/C15H17F4N3O3/c1-21-12(23)10-6-8(20)7-22(10)13(24)9-4-2-3-5-11(9)25-15(18,19)14(16)17/h2-5,8,10,14H,6-7,20H2,1H3,(H,21,23)/t8-,10+/m1/s1. The van der Waals surface area contributed by atoms with E-state index in [0.717, 1.165) is 17.0 Å². The molecular formula is C15H17F4N3O3. The van der Waals surface area contributed by atoms with E-state index in [-0.39, 0.29) is 18.5 Å². The normalized spacial score (nSPS) is 20.7. The maximum Gasteiger partial charge on any atom is 0.461 e. The van der Waals surface area contributed by atoms with Crippen LogP contribution in [0.5, 0.6) is 5.75 Å². The molecule has 0 unspecified atom stereocenters. The van der Waals surface area contributed by atoms with Crippen molar-refractivity contribution >= 4 is 11.8 Å². The van der Waals surface area contributed by atoms with Gasteiger partial charge in [0, 0.05) is 19.6 Å². The summed E-state index contributed by atoms with van der Waals surface area (Å²) in [6.07, 6.45) is -8.62. The molecule has 10 heteroatoms. The Bertz CT molecular complexity index is 657. The molecule has 1 heterocycles. The molecular weight excluding hydrogens is 346 g/mol. The summed E-state index contributed by atoms with van der Waals surface area (Å²) in [5.41, 5.74) is 5.42. The van der Waals surface area contributed by atoms with Crippen LogP contribution in [0.4, 0.5) is 17.6 Å². The Balaban J connectivity index is 2.32. The fourth-order valence-electron chi connectivity index (χ4n) is 2.59. The second-order valence-corrected chi connectivity index (χ2v) is 5.54. The van der Waals surface area contributed by atoms with Crippen LogP contribution in [0.1, 0.15) is 16.8 Å². The minimum absolute atomic E-state index is 0.0243. The summed E-state index contributed by atoms with van der Waals surface area (Å²) >= 11 is 0. The first-order valence-corrected chi connectivity index (χ1v) is 7.39. The van der Waals surface area contributed by atoms with Crippen molar-refractivity contribution in [1.82, 2.24) is 10.2 Å². The molecule has 0 aliphatic carbocycles. The fourth-order valence-corrected chi connectivity index (χ4v) is 2.59. The average molecular weight is 363 g/mol. The van der Waals surface area contributed by atoms with E-state index in [9.17, 15) is 27.2 Å². The molecule has 25 heavy (non-hydrogen) atoms. The lowest BCUT2D eigenvalue weighted by molar-refractivity contribution is -0.253. The molecule has 2 atom stereocenters. The molecule has 0 spiro atoms. The van der Waals surface area contributed by atoms with Crippen LogP contribution in [0.2, 0.25) is 0 Å². The van der Waals surface area contributed by atoms with Crippen LogP contribution in [0.15, 0.2) is 24.3 Å². The number of amides is 2. The van der Waals surface area contributed by atoms with Gasteiger partial charge >= 0.3 is 12.5 Å². The van der Waals surface area contributed by atoms with Gasteiger partial charge in [-0.05, 0) is 18.6 Å². The zero-order valence-electron chi connectivity index (χ0n) is 13.2. The second-order valence-electron chi connectivity index (χ2n) is 5.54. The number of likely N-dealkylation sites (N-methyl/N-ethyl adjacent to an activating group) is 1. The van der Waals surface area contributed by atoms with E-state index >= 15 is 0 Å². The van der Waals surface area contributed by atoms with Crippen LogP contribution in [-0.4, -0.2) is 54.9 Å². The van der Waals surface area contributed by atoms with E-state index in [4.69, 9.17) is 5.73 Å². The number of para-hydroxylation sites is 1. The van der Waals surface area contributed by atoms with Gasteiger partial charge in [0.05, 0.1) is 5.56 Å². The van der Waals surface area contributed by atoms with Gasteiger partial charge in [0.15, 0.2) is 0 Å². The van der Waals surface area contributed by atoms with Crippen molar-refractivity contribution in [3.05, 3.63) is 29.8 Å². The van der Waals surface area contributed by atoms with Gasteiger partial charge in [-0.3, -0.25) is 9.59 Å². The van der Waals surface area contributed by atoms with E-state index in [0.29, 0.717) is 0 Å². The maximum absolute atomic E-state index is 13.2. The van der Waals surface area contributed by atoms with Gasteiger partial charge in [0.25, 0.3) is 5.91 Å². The van der Waals surface area contributed by atoms with Gasteiger partial charge in [-0.25, -0.2) is 0 Å². The Morgan fingerprint density at radius 2 is 2.00 bits per heavy atom. The number of hydrogen-bond donors (Lipinski definition) is 2. The molecule has 0 saturated carbocycles. The molecule has 0 aromatic heterocycles. The first kappa shape index (κ1) is 19.0. The lowest BCUT2D eigenvalue weighted by Crippen LogP contribution is -2.45. The van der Waals surface area contributed by atoms with E-state index in [1.54, 1.807) is 0 Å². The van der Waals surface area contributed by atoms with Crippen molar-refractivity contribution in [2.75, 3.05) is 13.6 Å². The van der Waals surface area contributed by atoms with Crippen molar-refractivity contribution in [2.45, 2.75) is 31.0 Å². The van der Waals surface area contributed by atoms with Crippen LogP contribution < -0.4 is 15.8 Å². The summed E-state index contributed by atoms with van der Waals surface area (Å²) in [5.74, 6) is -1.96. The molecule has 0 radical (unpaired) electrons. The Morgan fingerprint density at radius 3 is 2.60 bits per heavy atom. The van der Waals surface area contributed by atoms with Crippen molar-refractivity contribution in [2.24, 2.45) is 5.73 Å². The molecule has 2 rings (SSSR count). The number of carbonyl (C=O) groups is 2. The van der Waals surface area contributed by atoms with Crippen LogP contribution >= 0.6 is 0 Å². The first-order valence-electron chi connectivity index (χ1n) is 7.39. The highest BCUT2D eigenvalue weighted by molar-refractivity contribution is 6.00. The van der Waals surface area contributed by atoms with Crippen LogP contribution in [0.3, 0.4) is 0 Å². The van der Waals surface area contributed by atoms with Crippen molar-refractivity contribution < 1.29 is 31.9 Å². The number of alkyl halides is 4. The molecule has 1 aliphatic rings. The van der Waals surface area contributed by atoms with Gasteiger partial charge in [0.2, 0.25) is 5.91 Å². The van der Waals surface area contributed by atoms with E-state index in [1.807, 2.05) is 0 Å². The van der Waals surface area contributed by atoms with Gasteiger partial charge in [0.1, 0.15) is 11.8 Å². The number of halogens is 4. The van der Waals surface area contributed by atoms with Crippen molar-refractivity contribution in [3.8, 4) is 5.75 Å². The topological polar surface area (TPSA) is 84.7 Å². The molecule has 6 nitrogen and oxygen atoms in total. The molecule has 0 bridgehead atoms. The number of carbonyl (C=O) groups excluding carboxylic acids is 2. The first-order chi connectivity index (χ1) is 11.7. The summed E-state index contributed by atoms with van der Waals surface area (Å²) in [6, 6.07) is 3.42. The fraction of sp³-hybridized carbons (Fsp3) is 0.467. The zero-order chi connectivity index (χ0) is 18.8. The molecule has 138 valence electrons. The Kier molecular flexibility index (Phi) is 5.51. The lowest BCUT2D eigenvalue weighted by Gasteiger charge is -2.25. The zero-order valence-corrected chi connectivity index (χ0v) is 13.2. The Morgan fingerprint density at radius 1 is 1.36 bits per heavy atom. The average Bonchev–Trinajstić information content (AvgIpc) is 2.95. The predicted molar refractivity (Wildman–Crippen MR) is 79.5 cm³/mol. The number of benzene rings is 1. The highest BCUT2D eigenvalue weighted by Crippen LogP contribution is 2.31. The molecule has 2 amide bonds. The molecule has 1 saturated heterocycles. The van der Waals surface area contributed by atoms with Gasteiger partial charge in [-0.15, -0.1) is 0 Å². The third kappa shape index (κ3) is 4.01. The maximum atomic E-state index is 13.2. The number of nitrogens with two attached hydrogens (primary N) is 1. The summed E-state index contributed by atoms with van der Waals surface area (Å²) in [7, 11) is 1.38. The van der Waals surface area contributed by atoms with Crippen molar-refractivity contribution in [1.29, 1.82) is 0 Å². The molecule has 1 aliphatic heterocycles. The summed E-state index contributed by atoms with van der Waals surface area (Å²) in [4.78, 5) is 25.7. The minimum Gasteiger partial charge on any atom is -0.427 e. The van der Waals surface area contributed by atoms with Gasteiger partial charge in [-0.1, -0.05) is 12.1 Å². The SMILES string of the molecule is CNC(=O)[C@@H]1C[C@@H](N)CN1C(=O)c1ccccc1OC(F)(F)C(F)F. The number of hydrogen-bond acceptors (Lipinski definition) is 4. The van der Waals surface area contributed by atoms with Crippen LogP contribution in [0, 0.1) is 0 Å². The van der Waals surface area contributed by atoms with Crippen LogP contribution in [-0.2, 0) is 4.79 Å². The lowest BCUT2D eigenvalue weighted by atomic mass is 10.1. The molecule has 1 aromatic rings. The summed E-state index contributed by atoms with van der Waals surface area (Å²) in [6.45, 7) is 0.0243. The van der Waals surface area contributed by atoms with Crippen LogP contribution in [0.25, 0.3) is 0 Å². The molecule has 3 N–H and O–H groups in total. The predicted octanol–water partition coefficient (Wildman–Crippen LogP) is 1.21. The minimum atomic E-state index is -4.75. The highest BCUT2D eigenvalue weighted by atomic mass is 19.3. The van der Waals surface area contributed by atoms with Crippen molar-refractivity contribution in [3.63, 3.8) is 0 Å². The largest absolute Gasteiger partial charge is 0.461 e. The Labute approximate surface area is 140 Å². The van der Waals surface area contributed by atoms with E-state index < -0.39 is 42.2 Å². The van der Waals surface area contributed by atoms with Gasteiger partial charge in [-0.2, -0.15) is 17.6 Å². The quantitative estimate of drug-likeness (QED) is 0.771. The third-order valence-corrected chi connectivity index (χ3v) is 3.76. The summed E-state index contributed by atoms with van der Waals surface area (Å²) in [5, 5.41) is 2.39. The third-order valence-electron chi connectivity index (χ3n) is 3.76. The Hall–Kier alpha value is -2.36. The monoisotopic (exact) mass is 363 g/mol. The molecule has 1 aromatic carbocycles. The van der Waals surface area contributed by atoms with Gasteiger partial charge < -0.3 is 20.7 Å². The number of nitrogens with one attached hydrogen (secondary N) is 1. The van der Waals surface area contributed by atoms with E-state index in [2.05, 4.69) is 10.1 Å². The number of likely N-dealkylation sites (tertiary alicyclic amines) is 1. The number of ether oxygens (including phenoxy) is 1. The highest BCUT2D eigenvalue weighted by Gasteiger charge is 2.45. The molecule has 1 fully saturated rings. The van der Waals surface area contributed by atoms with E-state index in [1.165, 1.54) is 19.2 Å². The number of nitrogens with zero attached hydrogens (tertiary/aromatic N) is 1. The summed E-state index contributed by atoms with van der Waals surface area (Å²) < 4.78 is 55.2.